The van der Waals surface area contributed by atoms with Crippen molar-refractivity contribution < 1.29 is 0 Å². The molecule has 0 aliphatic heterocycles. The monoisotopic (exact) mass is 299 g/mol. The zero-order chi connectivity index (χ0) is 13.3. The Morgan fingerprint density at radius 1 is 1.11 bits per heavy atom. The van der Waals surface area contributed by atoms with E-state index in [4.69, 9.17) is 23.2 Å². The van der Waals surface area contributed by atoms with Gasteiger partial charge in [0.25, 0.3) is 0 Å². The summed E-state index contributed by atoms with van der Waals surface area (Å²) in [6.45, 7) is 4.12. The van der Waals surface area contributed by atoms with Crippen LogP contribution in [0.25, 0.3) is 0 Å². The van der Waals surface area contributed by atoms with Crippen LogP contribution in [0.3, 0.4) is 0 Å². The van der Waals surface area contributed by atoms with Gasteiger partial charge in [-0.15, -0.1) is 11.3 Å². The predicted octanol–water partition coefficient (Wildman–Crippen LogP) is 4.98. The fourth-order valence-electron chi connectivity index (χ4n) is 2.00. The van der Waals surface area contributed by atoms with E-state index in [1.165, 1.54) is 16.0 Å². The third-order valence-electron chi connectivity index (χ3n) is 3.00. The highest BCUT2D eigenvalue weighted by Crippen LogP contribution is 2.35. The number of halogens is 2. The summed E-state index contributed by atoms with van der Waals surface area (Å²) in [5, 5.41) is 4.10. The van der Waals surface area contributed by atoms with Crippen LogP contribution in [-0.4, -0.2) is 7.05 Å². The molecule has 2 aromatic rings. The molecule has 0 amide bonds. The van der Waals surface area contributed by atoms with E-state index < -0.39 is 0 Å². The molecule has 0 saturated carbocycles. The van der Waals surface area contributed by atoms with Crippen LogP contribution in [-0.2, 0) is 0 Å². The van der Waals surface area contributed by atoms with Crippen LogP contribution in [0.1, 0.15) is 27.6 Å². The molecule has 1 aromatic heterocycles. The van der Waals surface area contributed by atoms with Crippen molar-refractivity contribution >= 4 is 34.5 Å². The SMILES string of the molecule is CNC(c1cc(C)c(Cl)s1)c1cc(Cl)ccc1C. The smallest absolute Gasteiger partial charge is 0.0961 e. The minimum absolute atomic E-state index is 0.139. The number of thiophene rings is 1. The summed E-state index contributed by atoms with van der Waals surface area (Å²) in [5.41, 5.74) is 3.54. The molecule has 0 aliphatic carbocycles. The summed E-state index contributed by atoms with van der Waals surface area (Å²) < 4.78 is 0.852. The summed E-state index contributed by atoms with van der Waals surface area (Å²) in [4.78, 5) is 1.21. The van der Waals surface area contributed by atoms with Gasteiger partial charge in [-0.3, -0.25) is 0 Å². The largest absolute Gasteiger partial charge is 0.309 e. The Morgan fingerprint density at radius 2 is 1.83 bits per heavy atom. The van der Waals surface area contributed by atoms with Crippen molar-refractivity contribution in [1.29, 1.82) is 0 Å². The molecule has 18 heavy (non-hydrogen) atoms. The Morgan fingerprint density at radius 3 is 2.39 bits per heavy atom. The topological polar surface area (TPSA) is 12.0 Å². The molecule has 0 bridgehead atoms. The van der Waals surface area contributed by atoms with Crippen LogP contribution in [0.2, 0.25) is 9.36 Å². The summed E-state index contributed by atoms with van der Waals surface area (Å²) >= 11 is 13.9. The minimum atomic E-state index is 0.139. The van der Waals surface area contributed by atoms with Crippen LogP contribution in [0.5, 0.6) is 0 Å². The van der Waals surface area contributed by atoms with E-state index >= 15 is 0 Å². The third-order valence-corrected chi connectivity index (χ3v) is 4.86. The number of benzene rings is 1. The second kappa shape index (κ2) is 5.62. The first-order chi connectivity index (χ1) is 8.52. The van der Waals surface area contributed by atoms with Gasteiger partial charge in [0.1, 0.15) is 0 Å². The van der Waals surface area contributed by atoms with Crippen molar-refractivity contribution in [2.75, 3.05) is 7.05 Å². The Kier molecular flexibility index (Phi) is 4.33. The van der Waals surface area contributed by atoms with Crippen molar-refractivity contribution in [3.63, 3.8) is 0 Å². The number of hydrogen-bond acceptors (Lipinski definition) is 2. The second-order valence-electron chi connectivity index (χ2n) is 4.33. The van der Waals surface area contributed by atoms with Crippen molar-refractivity contribution in [2.24, 2.45) is 0 Å². The van der Waals surface area contributed by atoms with Gasteiger partial charge in [0, 0.05) is 9.90 Å². The summed E-state index contributed by atoms with van der Waals surface area (Å²) in [6.07, 6.45) is 0. The van der Waals surface area contributed by atoms with Crippen LogP contribution >= 0.6 is 34.5 Å². The highest BCUT2D eigenvalue weighted by Gasteiger charge is 2.17. The summed E-state index contributed by atoms with van der Waals surface area (Å²) in [7, 11) is 1.95. The van der Waals surface area contributed by atoms with E-state index in [2.05, 4.69) is 18.3 Å². The first-order valence-corrected chi connectivity index (χ1v) is 7.29. The normalized spacial score (nSPS) is 12.7. The van der Waals surface area contributed by atoms with Crippen LogP contribution in [0, 0.1) is 13.8 Å². The molecule has 0 aliphatic rings. The van der Waals surface area contributed by atoms with E-state index in [1.807, 2.05) is 32.2 Å². The molecule has 1 N–H and O–H groups in total. The van der Waals surface area contributed by atoms with Crippen molar-refractivity contribution in [2.45, 2.75) is 19.9 Å². The van der Waals surface area contributed by atoms with Gasteiger partial charge in [-0.2, -0.15) is 0 Å². The molecule has 1 nitrogen and oxygen atoms in total. The molecule has 2 rings (SSSR count). The molecular formula is C14H15Cl2NS. The molecule has 1 atom stereocenters. The fourth-order valence-corrected chi connectivity index (χ4v) is 3.53. The number of rotatable bonds is 3. The zero-order valence-corrected chi connectivity index (χ0v) is 12.9. The van der Waals surface area contributed by atoms with E-state index in [0.717, 1.165) is 14.9 Å². The van der Waals surface area contributed by atoms with E-state index in [0.29, 0.717) is 0 Å². The van der Waals surface area contributed by atoms with Crippen molar-refractivity contribution in [3.8, 4) is 0 Å². The van der Waals surface area contributed by atoms with Gasteiger partial charge in [0.15, 0.2) is 0 Å². The van der Waals surface area contributed by atoms with Gasteiger partial charge in [-0.1, -0.05) is 29.3 Å². The van der Waals surface area contributed by atoms with Crippen molar-refractivity contribution in [3.05, 3.63) is 55.2 Å². The molecule has 0 fully saturated rings. The molecule has 1 aromatic carbocycles. The van der Waals surface area contributed by atoms with Gasteiger partial charge in [0.2, 0.25) is 0 Å². The molecule has 0 radical (unpaired) electrons. The molecule has 1 unspecified atom stereocenters. The van der Waals surface area contributed by atoms with Crippen molar-refractivity contribution in [1.82, 2.24) is 5.32 Å². The van der Waals surface area contributed by atoms with Crippen LogP contribution < -0.4 is 5.32 Å². The fraction of sp³-hybridized carbons (Fsp3) is 0.286. The molecular weight excluding hydrogens is 285 g/mol. The Bertz CT molecular complexity index is 543. The van der Waals surface area contributed by atoms with Crippen LogP contribution in [0.15, 0.2) is 24.3 Å². The molecule has 1 heterocycles. The standard InChI is InChI=1S/C14H15Cl2NS/c1-8-4-5-10(15)7-11(8)13(17-3)12-6-9(2)14(16)18-12/h4-7,13,17H,1-3H3. The Labute approximate surface area is 122 Å². The van der Waals surface area contributed by atoms with Gasteiger partial charge in [-0.25, -0.2) is 0 Å². The van der Waals surface area contributed by atoms with Gasteiger partial charge >= 0.3 is 0 Å². The van der Waals surface area contributed by atoms with E-state index in [-0.39, 0.29) is 6.04 Å². The van der Waals surface area contributed by atoms with E-state index in [9.17, 15) is 0 Å². The summed E-state index contributed by atoms with van der Waals surface area (Å²) in [6, 6.07) is 8.25. The molecule has 96 valence electrons. The number of nitrogens with one attached hydrogen (secondary N) is 1. The zero-order valence-electron chi connectivity index (χ0n) is 10.6. The average molecular weight is 300 g/mol. The highest BCUT2D eigenvalue weighted by molar-refractivity contribution is 7.16. The molecule has 0 spiro atoms. The van der Waals surface area contributed by atoms with E-state index in [1.54, 1.807) is 11.3 Å². The molecule has 0 saturated heterocycles. The third kappa shape index (κ3) is 2.72. The minimum Gasteiger partial charge on any atom is -0.309 e. The van der Waals surface area contributed by atoms with Gasteiger partial charge in [0.05, 0.1) is 10.4 Å². The number of hydrogen-bond donors (Lipinski definition) is 1. The quantitative estimate of drug-likeness (QED) is 0.843. The maximum atomic E-state index is 6.15. The lowest BCUT2D eigenvalue weighted by molar-refractivity contribution is 0.699. The van der Waals surface area contributed by atoms with Gasteiger partial charge < -0.3 is 5.32 Å². The van der Waals surface area contributed by atoms with Gasteiger partial charge in [-0.05, 0) is 55.8 Å². The lowest BCUT2D eigenvalue weighted by atomic mass is 10.00. The molecule has 4 heteroatoms. The first kappa shape index (κ1) is 13.9. The lowest BCUT2D eigenvalue weighted by Crippen LogP contribution is -2.17. The first-order valence-electron chi connectivity index (χ1n) is 5.72. The maximum absolute atomic E-state index is 6.15. The Hall–Kier alpha value is -0.540. The second-order valence-corrected chi connectivity index (χ2v) is 6.45. The lowest BCUT2D eigenvalue weighted by Gasteiger charge is -2.17. The average Bonchev–Trinajstić information content (AvgIpc) is 2.65. The predicted molar refractivity (Wildman–Crippen MR) is 81.2 cm³/mol. The maximum Gasteiger partial charge on any atom is 0.0961 e. The summed E-state index contributed by atoms with van der Waals surface area (Å²) in [5.74, 6) is 0. The number of aryl methyl sites for hydroxylation is 2. The van der Waals surface area contributed by atoms with Crippen LogP contribution in [0.4, 0.5) is 0 Å². The highest BCUT2D eigenvalue weighted by atomic mass is 35.5. The Balaban J connectivity index is 2.48.